The van der Waals surface area contributed by atoms with Crippen molar-refractivity contribution >= 4 is 39.1 Å². The average Bonchev–Trinajstić information content (AvgIpc) is 3.30. The summed E-state index contributed by atoms with van der Waals surface area (Å²) in [5, 5.41) is 7.73. The van der Waals surface area contributed by atoms with Crippen molar-refractivity contribution in [3.05, 3.63) is 40.4 Å². The lowest BCUT2D eigenvalue weighted by atomic mass is 10.2. The number of aromatic nitrogens is 4. The molecule has 3 heterocycles. The number of aromatic amines is 1. The van der Waals surface area contributed by atoms with Gasteiger partial charge in [0, 0.05) is 19.4 Å². The second kappa shape index (κ2) is 6.49. The molecule has 1 N–H and O–H groups in total. The van der Waals surface area contributed by atoms with Crippen LogP contribution in [0, 0.1) is 0 Å². The summed E-state index contributed by atoms with van der Waals surface area (Å²) in [5.41, 5.74) is 1.01. The van der Waals surface area contributed by atoms with Gasteiger partial charge >= 0.3 is 0 Å². The van der Waals surface area contributed by atoms with E-state index in [0.29, 0.717) is 18.7 Å². The van der Waals surface area contributed by atoms with E-state index in [4.69, 9.17) is 16.6 Å². The molecule has 0 aliphatic carbocycles. The van der Waals surface area contributed by atoms with Gasteiger partial charge in [0.1, 0.15) is 10.8 Å². The molecule has 0 unspecified atom stereocenters. The fourth-order valence-electron chi connectivity index (χ4n) is 3.11. The zero-order valence-corrected chi connectivity index (χ0v) is 14.5. The Labute approximate surface area is 147 Å². The third-order valence-electron chi connectivity index (χ3n) is 4.25. The number of amides is 1. The van der Waals surface area contributed by atoms with Gasteiger partial charge in [-0.3, -0.25) is 9.89 Å². The summed E-state index contributed by atoms with van der Waals surface area (Å²) in [6, 6.07) is 8.19. The van der Waals surface area contributed by atoms with Gasteiger partial charge in [0.2, 0.25) is 11.2 Å². The van der Waals surface area contributed by atoms with Crippen LogP contribution in [-0.4, -0.2) is 37.5 Å². The molecule has 0 radical (unpaired) electrons. The zero-order valence-electron chi connectivity index (χ0n) is 12.9. The largest absolute Gasteiger partial charge is 0.333 e. The molecule has 1 fully saturated rings. The third-order valence-corrected chi connectivity index (χ3v) is 5.56. The number of thiazole rings is 1. The van der Waals surface area contributed by atoms with Gasteiger partial charge in [-0.1, -0.05) is 12.1 Å². The molecule has 24 heavy (non-hydrogen) atoms. The maximum Gasteiger partial charge on any atom is 0.242 e. The van der Waals surface area contributed by atoms with E-state index in [1.165, 1.54) is 4.70 Å². The highest BCUT2D eigenvalue weighted by atomic mass is 35.5. The first-order chi connectivity index (χ1) is 11.7. The van der Waals surface area contributed by atoms with Crippen LogP contribution in [0.25, 0.3) is 10.2 Å². The molecule has 0 bridgehead atoms. The van der Waals surface area contributed by atoms with E-state index in [1.807, 2.05) is 23.1 Å². The first kappa shape index (κ1) is 15.5. The molecule has 1 atom stereocenters. The summed E-state index contributed by atoms with van der Waals surface area (Å²) in [6.07, 6.45) is 2.90. The fourth-order valence-corrected chi connectivity index (χ4v) is 4.37. The Hall–Kier alpha value is -1.99. The molecule has 4 rings (SSSR count). The summed E-state index contributed by atoms with van der Waals surface area (Å²) < 4.78 is 1.17. The molecule has 1 aliphatic rings. The van der Waals surface area contributed by atoms with Gasteiger partial charge in [0.05, 0.1) is 16.3 Å². The highest BCUT2D eigenvalue weighted by molar-refractivity contribution is 7.18. The minimum absolute atomic E-state index is 0.0909. The van der Waals surface area contributed by atoms with Crippen molar-refractivity contribution in [2.45, 2.75) is 31.7 Å². The molecule has 1 saturated heterocycles. The number of carbonyl (C=O) groups excluding carboxylic acids is 1. The van der Waals surface area contributed by atoms with E-state index >= 15 is 0 Å². The SMILES string of the molecule is O=C(CCc1nc(Cl)n[nH]1)N1CCC[C@H]1c1nc2ccccc2s1. The average molecular weight is 362 g/mol. The number of carbonyl (C=O) groups is 1. The predicted molar refractivity (Wildman–Crippen MR) is 93.0 cm³/mol. The van der Waals surface area contributed by atoms with Crippen LogP contribution in [-0.2, 0) is 11.2 Å². The lowest BCUT2D eigenvalue weighted by molar-refractivity contribution is -0.132. The molecule has 6 nitrogen and oxygen atoms in total. The second-order valence-corrected chi connectivity index (χ2v) is 7.22. The van der Waals surface area contributed by atoms with Crippen LogP contribution in [0.3, 0.4) is 0 Å². The van der Waals surface area contributed by atoms with E-state index in [2.05, 4.69) is 21.2 Å². The maximum atomic E-state index is 12.6. The first-order valence-electron chi connectivity index (χ1n) is 7.92. The molecule has 124 valence electrons. The van der Waals surface area contributed by atoms with E-state index in [1.54, 1.807) is 11.3 Å². The van der Waals surface area contributed by atoms with Crippen molar-refractivity contribution in [1.29, 1.82) is 0 Å². The summed E-state index contributed by atoms with van der Waals surface area (Å²) in [6.45, 7) is 0.788. The molecule has 2 aromatic heterocycles. The molecule has 1 aromatic carbocycles. The van der Waals surface area contributed by atoms with E-state index in [9.17, 15) is 4.79 Å². The van der Waals surface area contributed by atoms with Gasteiger partial charge in [0.15, 0.2) is 0 Å². The number of nitrogens with zero attached hydrogens (tertiary/aromatic N) is 4. The van der Waals surface area contributed by atoms with Crippen LogP contribution in [0.5, 0.6) is 0 Å². The first-order valence-corrected chi connectivity index (χ1v) is 9.12. The molecule has 3 aromatic rings. The van der Waals surface area contributed by atoms with Crippen molar-refractivity contribution in [2.24, 2.45) is 0 Å². The minimum Gasteiger partial charge on any atom is -0.333 e. The van der Waals surface area contributed by atoms with E-state index < -0.39 is 0 Å². The number of hydrogen-bond acceptors (Lipinski definition) is 5. The van der Waals surface area contributed by atoms with Crippen LogP contribution in [0.2, 0.25) is 5.28 Å². The predicted octanol–water partition coefficient (Wildman–Crippen LogP) is 3.36. The Morgan fingerprint density at radius 2 is 2.25 bits per heavy atom. The highest BCUT2D eigenvalue weighted by Crippen LogP contribution is 2.36. The number of rotatable bonds is 4. The monoisotopic (exact) mass is 361 g/mol. The molecular formula is C16H16ClN5OS. The number of nitrogens with one attached hydrogen (secondary N) is 1. The van der Waals surface area contributed by atoms with Crippen LogP contribution < -0.4 is 0 Å². The van der Waals surface area contributed by atoms with Crippen molar-refractivity contribution in [3.63, 3.8) is 0 Å². The standard InChI is InChI=1S/C16H16ClN5OS/c17-16-19-13(20-21-16)7-8-14(23)22-9-3-5-11(22)15-18-10-4-1-2-6-12(10)24-15/h1-2,4,6,11H,3,5,7-9H2,(H,19,20,21)/t11-/m0/s1. The second-order valence-electron chi connectivity index (χ2n) is 5.82. The lowest BCUT2D eigenvalue weighted by Gasteiger charge is -2.22. The van der Waals surface area contributed by atoms with Gasteiger partial charge in [-0.25, -0.2) is 9.97 Å². The van der Waals surface area contributed by atoms with Crippen LogP contribution in [0.1, 0.15) is 36.1 Å². The zero-order chi connectivity index (χ0) is 16.5. The summed E-state index contributed by atoms with van der Waals surface area (Å²) >= 11 is 7.37. The van der Waals surface area contributed by atoms with Gasteiger partial charge < -0.3 is 4.90 Å². The van der Waals surface area contributed by atoms with Crippen molar-refractivity contribution in [1.82, 2.24) is 25.1 Å². The van der Waals surface area contributed by atoms with E-state index in [0.717, 1.165) is 29.9 Å². The van der Waals surface area contributed by atoms with Crippen molar-refractivity contribution in [3.8, 4) is 0 Å². The van der Waals surface area contributed by atoms with Crippen LogP contribution >= 0.6 is 22.9 Å². The Balaban J connectivity index is 1.48. The fraction of sp³-hybridized carbons (Fsp3) is 0.375. The number of aryl methyl sites for hydroxylation is 1. The van der Waals surface area contributed by atoms with Gasteiger partial charge in [-0.15, -0.1) is 16.4 Å². The van der Waals surface area contributed by atoms with Gasteiger partial charge in [-0.05, 0) is 36.6 Å². The van der Waals surface area contributed by atoms with Crippen molar-refractivity contribution < 1.29 is 4.79 Å². The van der Waals surface area contributed by atoms with Crippen LogP contribution in [0.4, 0.5) is 0 Å². The van der Waals surface area contributed by atoms with Crippen molar-refractivity contribution in [2.75, 3.05) is 6.54 Å². The summed E-state index contributed by atoms with van der Waals surface area (Å²) in [5.74, 6) is 0.772. The highest BCUT2D eigenvalue weighted by Gasteiger charge is 2.31. The number of likely N-dealkylation sites (tertiary alicyclic amines) is 1. The molecular weight excluding hydrogens is 346 g/mol. The number of para-hydroxylation sites is 1. The normalized spacial score (nSPS) is 17.7. The Morgan fingerprint density at radius 3 is 3.04 bits per heavy atom. The minimum atomic E-state index is 0.0909. The van der Waals surface area contributed by atoms with Gasteiger partial charge in [0.25, 0.3) is 0 Å². The number of fused-ring (bicyclic) bond motifs is 1. The molecule has 0 saturated carbocycles. The Bertz CT molecular complexity index is 843. The van der Waals surface area contributed by atoms with E-state index in [-0.39, 0.29) is 17.2 Å². The molecule has 8 heteroatoms. The van der Waals surface area contributed by atoms with Gasteiger partial charge in [-0.2, -0.15) is 0 Å². The molecule has 0 spiro atoms. The Morgan fingerprint density at radius 1 is 1.38 bits per heavy atom. The smallest absolute Gasteiger partial charge is 0.242 e. The maximum absolute atomic E-state index is 12.6. The number of hydrogen-bond donors (Lipinski definition) is 1. The summed E-state index contributed by atoms with van der Waals surface area (Å²) in [7, 11) is 0. The quantitative estimate of drug-likeness (QED) is 0.773. The Kier molecular flexibility index (Phi) is 4.20. The third kappa shape index (κ3) is 3.01. The summed E-state index contributed by atoms with van der Waals surface area (Å²) in [4.78, 5) is 23.3. The lowest BCUT2D eigenvalue weighted by Crippen LogP contribution is -2.30. The number of H-pyrrole nitrogens is 1. The molecule has 1 amide bonds. The number of halogens is 1. The van der Waals surface area contributed by atoms with Crippen LogP contribution in [0.15, 0.2) is 24.3 Å². The topological polar surface area (TPSA) is 74.8 Å². The molecule has 1 aliphatic heterocycles. The number of benzene rings is 1.